The number of H-pyrrole nitrogens is 2. The van der Waals surface area contributed by atoms with Crippen LogP contribution in [0.15, 0.2) is 9.59 Å². The van der Waals surface area contributed by atoms with Gasteiger partial charge in [0.1, 0.15) is 5.60 Å². The number of aromatic amines is 2. The first kappa shape index (κ1) is 9.80. The van der Waals surface area contributed by atoms with Gasteiger partial charge in [-0.1, -0.05) is 0 Å². The lowest BCUT2D eigenvalue weighted by Crippen LogP contribution is -2.43. The first-order valence-electron chi connectivity index (χ1n) is 5.42. The Bertz CT molecular complexity index is 525. The molecule has 1 fully saturated rings. The molecule has 2 aliphatic rings. The molecular formula is C10H13N3O3. The van der Waals surface area contributed by atoms with Gasteiger partial charge >= 0.3 is 5.69 Å². The molecule has 3 N–H and O–H groups in total. The van der Waals surface area contributed by atoms with E-state index in [4.69, 9.17) is 4.74 Å². The van der Waals surface area contributed by atoms with Crippen molar-refractivity contribution in [2.24, 2.45) is 0 Å². The van der Waals surface area contributed by atoms with Gasteiger partial charge in [0, 0.05) is 0 Å². The van der Waals surface area contributed by atoms with E-state index in [-0.39, 0.29) is 5.56 Å². The van der Waals surface area contributed by atoms with Crippen LogP contribution in [-0.4, -0.2) is 23.1 Å². The summed E-state index contributed by atoms with van der Waals surface area (Å²) in [5, 5.41) is 3.23. The molecule has 3 heterocycles. The lowest BCUT2D eigenvalue weighted by Gasteiger charge is -2.32. The summed E-state index contributed by atoms with van der Waals surface area (Å²) < 4.78 is 5.76. The molecule has 1 saturated heterocycles. The summed E-state index contributed by atoms with van der Waals surface area (Å²) >= 11 is 0. The molecule has 16 heavy (non-hydrogen) atoms. The third-order valence-electron chi connectivity index (χ3n) is 3.38. The lowest BCUT2D eigenvalue weighted by atomic mass is 9.86. The van der Waals surface area contributed by atoms with E-state index in [9.17, 15) is 9.59 Å². The third-order valence-corrected chi connectivity index (χ3v) is 3.38. The largest absolute Gasteiger partial charge is 0.364 e. The zero-order valence-electron chi connectivity index (χ0n) is 8.76. The summed E-state index contributed by atoms with van der Waals surface area (Å²) in [7, 11) is 0. The van der Waals surface area contributed by atoms with Crippen molar-refractivity contribution in [2.75, 3.05) is 13.1 Å². The molecule has 0 radical (unpaired) electrons. The molecule has 3 rings (SSSR count). The predicted molar refractivity (Wildman–Crippen MR) is 56.3 cm³/mol. The molecule has 0 unspecified atom stereocenters. The molecule has 0 bridgehead atoms. The second-order valence-electron chi connectivity index (χ2n) is 4.29. The fraction of sp³-hybridized carbons (Fsp3) is 0.600. The topological polar surface area (TPSA) is 87.0 Å². The fourth-order valence-electron chi connectivity index (χ4n) is 2.63. The summed E-state index contributed by atoms with van der Waals surface area (Å²) in [5.74, 6) is 0. The highest BCUT2D eigenvalue weighted by molar-refractivity contribution is 5.28. The number of hydrogen-bond donors (Lipinski definition) is 3. The molecule has 1 spiro atoms. The molecule has 6 heteroatoms. The summed E-state index contributed by atoms with van der Waals surface area (Å²) in [6.45, 7) is 1.99. The van der Waals surface area contributed by atoms with E-state index < -0.39 is 11.3 Å². The summed E-state index contributed by atoms with van der Waals surface area (Å²) in [5.41, 5.74) is -0.000940. The second kappa shape index (κ2) is 3.29. The van der Waals surface area contributed by atoms with Crippen molar-refractivity contribution >= 4 is 0 Å². The van der Waals surface area contributed by atoms with Gasteiger partial charge in [-0.2, -0.15) is 0 Å². The maximum absolute atomic E-state index is 11.8. The van der Waals surface area contributed by atoms with Crippen LogP contribution >= 0.6 is 0 Å². The first-order chi connectivity index (χ1) is 7.71. The average Bonchev–Trinajstić information content (AvgIpc) is 2.58. The summed E-state index contributed by atoms with van der Waals surface area (Å²) in [6.07, 6.45) is 1.55. The monoisotopic (exact) mass is 223 g/mol. The van der Waals surface area contributed by atoms with E-state index in [1.54, 1.807) is 0 Å². The van der Waals surface area contributed by atoms with E-state index in [2.05, 4.69) is 15.3 Å². The van der Waals surface area contributed by atoms with Gasteiger partial charge in [0.25, 0.3) is 5.56 Å². The molecule has 1 aromatic heterocycles. The van der Waals surface area contributed by atoms with Crippen LogP contribution in [0.1, 0.15) is 24.1 Å². The van der Waals surface area contributed by atoms with Crippen molar-refractivity contribution in [3.05, 3.63) is 32.1 Å². The highest BCUT2D eigenvalue weighted by Gasteiger charge is 2.43. The highest BCUT2D eigenvalue weighted by atomic mass is 16.5. The zero-order chi connectivity index (χ0) is 11.2. The smallest absolute Gasteiger partial charge is 0.325 e. The second-order valence-corrected chi connectivity index (χ2v) is 4.29. The molecule has 0 aromatic carbocycles. The van der Waals surface area contributed by atoms with E-state index >= 15 is 0 Å². The van der Waals surface area contributed by atoms with Crippen LogP contribution in [0.5, 0.6) is 0 Å². The van der Waals surface area contributed by atoms with Gasteiger partial charge in [0.05, 0.1) is 17.9 Å². The Morgan fingerprint density at radius 1 is 1.12 bits per heavy atom. The number of nitrogens with one attached hydrogen (secondary N) is 3. The molecule has 0 saturated carbocycles. The van der Waals surface area contributed by atoms with Crippen LogP contribution in [0, 0.1) is 0 Å². The molecular weight excluding hydrogens is 210 g/mol. The van der Waals surface area contributed by atoms with E-state index in [0.717, 1.165) is 25.9 Å². The summed E-state index contributed by atoms with van der Waals surface area (Å²) in [4.78, 5) is 27.9. The molecule has 0 amide bonds. The van der Waals surface area contributed by atoms with Crippen LogP contribution in [0.4, 0.5) is 0 Å². The molecule has 0 aliphatic carbocycles. The van der Waals surface area contributed by atoms with Crippen molar-refractivity contribution in [3.63, 3.8) is 0 Å². The minimum Gasteiger partial charge on any atom is -0.364 e. The van der Waals surface area contributed by atoms with Gasteiger partial charge in [0.2, 0.25) is 0 Å². The quantitative estimate of drug-likeness (QED) is 0.536. The minimum absolute atomic E-state index is 0.307. The van der Waals surface area contributed by atoms with E-state index in [1.165, 1.54) is 0 Å². The average molecular weight is 223 g/mol. The van der Waals surface area contributed by atoms with Crippen LogP contribution in [-0.2, 0) is 16.9 Å². The Balaban J connectivity index is 2.18. The number of fused-ring (bicyclic) bond motifs is 2. The van der Waals surface area contributed by atoms with Crippen LogP contribution in [0.2, 0.25) is 0 Å². The number of rotatable bonds is 0. The maximum Gasteiger partial charge on any atom is 0.325 e. The Morgan fingerprint density at radius 3 is 2.62 bits per heavy atom. The minimum atomic E-state index is -0.488. The number of ether oxygens (including phenoxy) is 1. The molecule has 0 atom stereocenters. The van der Waals surface area contributed by atoms with Crippen molar-refractivity contribution in [1.29, 1.82) is 0 Å². The normalized spacial score (nSPS) is 22.2. The van der Waals surface area contributed by atoms with Gasteiger partial charge in [-0.15, -0.1) is 0 Å². The number of piperidine rings is 1. The van der Waals surface area contributed by atoms with Gasteiger partial charge in [0.15, 0.2) is 0 Å². The van der Waals surface area contributed by atoms with E-state index in [1.807, 2.05) is 0 Å². The number of hydrogen-bond acceptors (Lipinski definition) is 4. The Hall–Kier alpha value is -1.40. The Morgan fingerprint density at radius 2 is 1.88 bits per heavy atom. The fourth-order valence-corrected chi connectivity index (χ4v) is 2.63. The first-order valence-corrected chi connectivity index (χ1v) is 5.42. The predicted octanol–water partition coefficient (Wildman–Crippen LogP) is -0.828. The Kier molecular flexibility index (Phi) is 2.02. The van der Waals surface area contributed by atoms with Gasteiger partial charge in [-0.05, 0) is 25.9 Å². The van der Waals surface area contributed by atoms with Crippen LogP contribution in [0.25, 0.3) is 0 Å². The van der Waals surface area contributed by atoms with Crippen LogP contribution in [0.3, 0.4) is 0 Å². The Labute approximate surface area is 91.0 Å². The highest BCUT2D eigenvalue weighted by Crippen LogP contribution is 2.39. The summed E-state index contributed by atoms with van der Waals surface area (Å²) in [6, 6.07) is 0. The SMILES string of the molecule is O=c1[nH]c2c(c(=O)[nH]1)C1(CCNCC1)OC2. The standard InChI is InChI=1S/C10H13N3O3/c14-8-7-6(12-9(15)13-8)5-16-10(7)1-3-11-4-2-10/h11H,1-5H2,(H2,12,13,14,15). The third kappa shape index (κ3) is 1.27. The van der Waals surface area contributed by atoms with E-state index in [0.29, 0.717) is 17.9 Å². The lowest BCUT2D eigenvalue weighted by molar-refractivity contribution is -0.0599. The van der Waals surface area contributed by atoms with Crippen LogP contribution < -0.4 is 16.6 Å². The van der Waals surface area contributed by atoms with Gasteiger partial charge in [-0.3, -0.25) is 9.78 Å². The molecule has 1 aromatic rings. The number of aromatic nitrogens is 2. The van der Waals surface area contributed by atoms with Gasteiger partial charge < -0.3 is 15.0 Å². The van der Waals surface area contributed by atoms with Crippen molar-refractivity contribution < 1.29 is 4.74 Å². The van der Waals surface area contributed by atoms with Crippen molar-refractivity contribution in [3.8, 4) is 0 Å². The molecule has 2 aliphatic heterocycles. The molecule has 6 nitrogen and oxygen atoms in total. The maximum atomic E-state index is 11.8. The zero-order valence-corrected chi connectivity index (χ0v) is 8.76. The van der Waals surface area contributed by atoms with Gasteiger partial charge in [-0.25, -0.2) is 4.79 Å². The molecule has 86 valence electrons. The van der Waals surface area contributed by atoms with Crippen molar-refractivity contribution in [1.82, 2.24) is 15.3 Å². The van der Waals surface area contributed by atoms with Crippen molar-refractivity contribution in [2.45, 2.75) is 25.0 Å².